The molecule has 1 aromatic carbocycles. The Bertz CT molecular complexity index is 381. The fraction of sp³-hybridized carbons (Fsp3) is 0.500. The Morgan fingerprint density at radius 1 is 1.41 bits per heavy atom. The molecule has 94 valence electrons. The first-order chi connectivity index (χ1) is 8.19. The van der Waals surface area contributed by atoms with Crippen molar-refractivity contribution in [2.45, 2.75) is 12.8 Å². The molecule has 0 atom stereocenters. The van der Waals surface area contributed by atoms with Crippen molar-refractivity contribution in [2.75, 3.05) is 25.1 Å². The Balaban J connectivity index is 1.91. The third kappa shape index (κ3) is 3.31. The van der Waals surface area contributed by atoms with Gasteiger partial charge in [0.05, 0.1) is 10.7 Å². The molecule has 2 rings (SSSR count). The zero-order valence-corrected chi connectivity index (χ0v) is 10.3. The summed E-state index contributed by atoms with van der Waals surface area (Å²) in [6, 6.07) is 4.60. The Morgan fingerprint density at radius 3 is 2.71 bits per heavy atom. The van der Waals surface area contributed by atoms with E-state index < -0.39 is 5.82 Å². The standard InChI is InChI=1S/C12H16ClFN2O/c13-11-7-10(1-2-12(11)14)15-16-5-3-9(8-17)4-6-16/h1-2,7,9,15,17H,3-6,8H2. The largest absolute Gasteiger partial charge is 0.396 e. The topological polar surface area (TPSA) is 35.5 Å². The van der Waals surface area contributed by atoms with E-state index in [0.29, 0.717) is 5.92 Å². The third-order valence-corrected chi connectivity index (χ3v) is 3.37. The zero-order chi connectivity index (χ0) is 12.3. The van der Waals surface area contributed by atoms with Crippen molar-refractivity contribution in [1.82, 2.24) is 5.01 Å². The van der Waals surface area contributed by atoms with E-state index in [1.807, 2.05) is 0 Å². The second-order valence-corrected chi connectivity index (χ2v) is 4.76. The first kappa shape index (κ1) is 12.6. The van der Waals surface area contributed by atoms with Crippen LogP contribution in [-0.4, -0.2) is 29.8 Å². The molecule has 3 nitrogen and oxygen atoms in total. The highest BCUT2D eigenvalue weighted by atomic mass is 35.5. The summed E-state index contributed by atoms with van der Waals surface area (Å²) in [5.74, 6) is 0.000983. The molecular weight excluding hydrogens is 243 g/mol. The van der Waals surface area contributed by atoms with E-state index in [1.165, 1.54) is 6.07 Å². The quantitative estimate of drug-likeness (QED) is 0.875. The molecule has 17 heavy (non-hydrogen) atoms. The summed E-state index contributed by atoms with van der Waals surface area (Å²) in [7, 11) is 0. The maximum absolute atomic E-state index is 13.0. The summed E-state index contributed by atoms with van der Waals surface area (Å²) in [5, 5.41) is 11.2. The highest BCUT2D eigenvalue weighted by Crippen LogP contribution is 2.22. The van der Waals surface area contributed by atoms with Gasteiger partial charge in [-0.3, -0.25) is 0 Å². The second kappa shape index (κ2) is 5.67. The molecule has 0 amide bonds. The van der Waals surface area contributed by atoms with Crippen molar-refractivity contribution in [3.8, 4) is 0 Å². The molecule has 0 unspecified atom stereocenters. The van der Waals surface area contributed by atoms with Crippen LogP contribution < -0.4 is 5.43 Å². The SMILES string of the molecule is OCC1CCN(Nc2ccc(F)c(Cl)c2)CC1. The van der Waals surface area contributed by atoms with Crippen LogP contribution in [0.1, 0.15) is 12.8 Å². The lowest BCUT2D eigenvalue weighted by Crippen LogP contribution is -2.38. The number of benzene rings is 1. The molecule has 0 spiro atoms. The molecule has 1 fully saturated rings. The minimum Gasteiger partial charge on any atom is -0.396 e. The molecule has 5 heteroatoms. The maximum atomic E-state index is 13.0. The molecule has 1 aliphatic heterocycles. The number of piperidine rings is 1. The molecule has 0 bridgehead atoms. The number of aliphatic hydroxyl groups is 1. The first-order valence-corrected chi connectivity index (χ1v) is 6.14. The van der Waals surface area contributed by atoms with Gasteiger partial charge >= 0.3 is 0 Å². The molecule has 0 aliphatic carbocycles. The summed E-state index contributed by atoms with van der Waals surface area (Å²) in [5.41, 5.74) is 3.98. The molecule has 1 aromatic rings. The van der Waals surface area contributed by atoms with E-state index in [-0.39, 0.29) is 11.6 Å². The second-order valence-electron chi connectivity index (χ2n) is 4.35. The van der Waals surface area contributed by atoms with Crippen LogP contribution in [0.2, 0.25) is 5.02 Å². The summed E-state index contributed by atoms with van der Waals surface area (Å²) in [6.07, 6.45) is 1.94. The number of nitrogens with zero attached hydrogens (tertiary/aromatic N) is 1. The van der Waals surface area contributed by atoms with E-state index in [2.05, 4.69) is 10.4 Å². The number of hydrazine groups is 1. The number of halogens is 2. The zero-order valence-electron chi connectivity index (χ0n) is 9.50. The monoisotopic (exact) mass is 258 g/mol. The van der Waals surface area contributed by atoms with Crippen LogP contribution in [0.15, 0.2) is 18.2 Å². The minimum atomic E-state index is -0.406. The Labute approximate surface area is 105 Å². The van der Waals surface area contributed by atoms with E-state index in [9.17, 15) is 4.39 Å². The van der Waals surface area contributed by atoms with Crippen LogP contribution in [0.5, 0.6) is 0 Å². The van der Waals surface area contributed by atoms with Crippen LogP contribution >= 0.6 is 11.6 Å². The van der Waals surface area contributed by atoms with Gasteiger partial charge in [0.15, 0.2) is 0 Å². The molecule has 1 heterocycles. The van der Waals surface area contributed by atoms with Crippen molar-refractivity contribution >= 4 is 17.3 Å². The Kier molecular flexibility index (Phi) is 4.20. The smallest absolute Gasteiger partial charge is 0.141 e. The maximum Gasteiger partial charge on any atom is 0.141 e. The van der Waals surface area contributed by atoms with Crippen molar-refractivity contribution in [3.05, 3.63) is 29.0 Å². The summed E-state index contributed by atoms with van der Waals surface area (Å²) < 4.78 is 13.0. The fourth-order valence-corrected chi connectivity index (χ4v) is 2.16. The summed E-state index contributed by atoms with van der Waals surface area (Å²) in [6.45, 7) is 2.01. The molecular formula is C12H16ClFN2O. The fourth-order valence-electron chi connectivity index (χ4n) is 1.98. The van der Waals surface area contributed by atoms with Gasteiger partial charge in [-0.1, -0.05) is 11.6 Å². The molecule has 1 aliphatic rings. The Morgan fingerprint density at radius 2 is 2.12 bits per heavy atom. The van der Waals surface area contributed by atoms with Crippen molar-refractivity contribution in [3.63, 3.8) is 0 Å². The molecule has 0 radical (unpaired) electrons. The van der Waals surface area contributed by atoms with Crippen LogP contribution in [-0.2, 0) is 0 Å². The van der Waals surface area contributed by atoms with E-state index in [0.717, 1.165) is 31.6 Å². The first-order valence-electron chi connectivity index (χ1n) is 5.76. The predicted molar refractivity (Wildman–Crippen MR) is 66.4 cm³/mol. The predicted octanol–water partition coefficient (Wildman–Crippen LogP) is 2.51. The van der Waals surface area contributed by atoms with Gasteiger partial charge in [-0.2, -0.15) is 0 Å². The van der Waals surface area contributed by atoms with Gasteiger partial charge in [-0.05, 0) is 37.0 Å². The highest BCUT2D eigenvalue weighted by Gasteiger charge is 2.18. The highest BCUT2D eigenvalue weighted by molar-refractivity contribution is 6.31. The molecule has 1 saturated heterocycles. The van der Waals surface area contributed by atoms with Crippen LogP contribution in [0.3, 0.4) is 0 Å². The number of nitrogens with one attached hydrogen (secondary N) is 1. The van der Waals surface area contributed by atoms with Gasteiger partial charge in [0.2, 0.25) is 0 Å². The minimum absolute atomic E-state index is 0.125. The van der Waals surface area contributed by atoms with Crippen molar-refractivity contribution < 1.29 is 9.50 Å². The molecule has 2 N–H and O–H groups in total. The number of hydrogen-bond acceptors (Lipinski definition) is 3. The average Bonchev–Trinajstić information content (AvgIpc) is 2.35. The lowest BCUT2D eigenvalue weighted by Gasteiger charge is -2.31. The lowest BCUT2D eigenvalue weighted by atomic mass is 9.99. The van der Waals surface area contributed by atoms with Gasteiger partial charge in [-0.15, -0.1) is 0 Å². The molecule has 0 saturated carbocycles. The number of rotatable bonds is 3. The van der Waals surface area contributed by atoms with E-state index >= 15 is 0 Å². The van der Waals surface area contributed by atoms with Crippen molar-refractivity contribution in [2.24, 2.45) is 5.92 Å². The van der Waals surface area contributed by atoms with Crippen LogP contribution in [0.25, 0.3) is 0 Å². The average molecular weight is 259 g/mol. The third-order valence-electron chi connectivity index (χ3n) is 3.08. The van der Waals surface area contributed by atoms with Crippen molar-refractivity contribution in [1.29, 1.82) is 0 Å². The Hall–Kier alpha value is -0.840. The van der Waals surface area contributed by atoms with Gasteiger partial charge in [-0.25, -0.2) is 9.40 Å². The number of hydrogen-bond donors (Lipinski definition) is 2. The number of anilines is 1. The van der Waals surface area contributed by atoms with Gasteiger partial charge in [0, 0.05) is 19.7 Å². The van der Waals surface area contributed by atoms with Gasteiger partial charge < -0.3 is 10.5 Å². The van der Waals surface area contributed by atoms with E-state index in [4.69, 9.17) is 16.7 Å². The molecule has 0 aromatic heterocycles. The lowest BCUT2D eigenvalue weighted by molar-refractivity contribution is 0.147. The van der Waals surface area contributed by atoms with Crippen LogP contribution in [0.4, 0.5) is 10.1 Å². The van der Waals surface area contributed by atoms with Gasteiger partial charge in [0.1, 0.15) is 5.82 Å². The van der Waals surface area contributed by atoms with Crippen LogP contribution in [0, 0.1) is 11.7 Å². The normalized spacial score (nSPS) is 18.3. The summed E-state index contributed by atoms with van der Waals surface area (Å²) in [4.78, 5) is 0. The van der Waals surface area contributed by atoms with E-state index in [1.54, 1.807) is 12.1 Å². The van der Waals surface area contributed by atoms with Gasteiger partial charge in [0.25, 0.3) is 0 Å². The summed E-state index contributed by atoms with van der Waals surface area (Å²) >= 11 is 5.71. The number of aliphatic hydroxyl groups excluding tert-OH is 1.